The number of urea groups is 1. The van der Waals surface area contributed by atoms with Crippen molar-refractivity contribution >= 4 is 23.2 Å². The third kappa shape index (κ3) is 6.77. The van der Waals surface area contributed by atoms with Gasteiger partial charge in [0.1, 0.15) is 11.6 Å². The van der Waals surface area contributed by atoms with Crippen molar-refractivity contribution in [1.29, 1.82) is 0 Å². The molecule has 0 unspecified atom stereocenters. The van der Waals surface area contributed by atoms with Gasteiger partial charge < -0.3 is 21.1 Å². The van der Waals surface area contributed by atoms with Crippen LogP contribution in [-0.4, -0.2) is 36.0 Å². The number of anilines is 3. The van der Waals surface area contributed by atoms with E-state index in [0.717, 1.165) is 24.3 Å². The Kier molecular flexibility index (Phi) is 7.54. The Morgan fingerprint density at radius 3 is 2.16 bits per heavy atom. The second kappa shape index (κ2) is 11.3. The Balaban J connectivity index is 1.25. The number of nitrogens with two attached hydrogens (primary N) is 1. The number of amides is 2. The van der Waals surface area contributed by atoms with E-state index in [1.807, 2.05) is 0 Å². The molecular formula is C26H17F6N9O2. The zero-order chi connectivity index (χ0) is 30.8. The van der Waals surface area contributed by atoms with Crippen LogP contribution in [0.2, 0.25) is 0 Å². The molecule has 0 saturated heterocycles. The lowest BCUT2D eigenvalue weighted by Crippen LogP contribution is -2.21. The van der Waals surface area contributed by atoms with Gasteiger partial charge in [0.2, 0.25) is 0 Å². The van der Waals surface area contributed by atoms with Crippen LogP contribution in [0.15, 0.2) is 79.5 Å². The number of alkyl halides is 6. The highest BCUT2D eigenvalue weighted by molar-refractivity contribution is 6.00. The number of hydrogen-bond donors (Lipinski definition) is 3. The van der Waals surface area contributed by atoms with Crippen molar-refractivity contribution in [3.63, 3.8) is 0 Å². The maximum absolute atomic E-state index is 13.3. The smallest absolute Gasteiger partial charge is 0.417 e. The number of halogens is 6. The van der Waals surface area contributed by atoms with Crippen molar-refractivity contribution in [2.75, 3.05) is 16.4 Å². The Hall–Kier alpha value is -5.74. The minimum Gasteiger partial charge on any atom is -0.424 e. The van der Waals surface area contributed by atoms with Crippen LogP contribution < -0.4 is 21.1 Å². The maximum Gasteiger partial charge on any atom is 0.417 e. The highest BCUT2D eigenvalue weighted by Crippen LogP contribution is 2.35. The van der Waals surface area contributed by atoms with Gasteiger partial charge in [-0.15, -0.1) is 5.10 Å². The van der Waals surface area contributed by atoms with Gasteiger partial charge in [-0.3, -0.25) is 0 Å². The van der Waals surface area contributed by atoms with E-state index < -0.39 is 29.5 Å². The number of benzene rings is 2. The van der Waals surface area contributed by atoms with Gasteiger partial charge in [-0.25, -0.2) is 24.4 Å². The molecule has 0 bridgehead atoms. The average Bonchev–Trinajstić information content (AvgIpc) is 3.49. The molecule has 5 rings (SSSR count). The van der Waals surface area contributed by atoms with Crippen LogP contribution in [0, 0.1) is 0 Å². The van der Waals surface area contributed by atoms with Crippen LogP contribution in [-0.2, 0) is 12.4 Å². The van der Waals surface area contributed by atoms with Crippen molar-refractivity contribution in [3.8, 4) is 28.6 Å². The lowest BCUT2D eigenvalue weighted by atomic mass is 10.0. The minimum absolute atomic E-state index is 0.0835. The number of nitrogens with one attached hydrogen (secondary N) is 2. The summed E-state index contributed by atoms with van der Waals surface area (Å²) >= 11 is 0. The summed E-state index contributed by atoms with van der Waals surface area (Å²) in [6.45, 7) is 0. The Labute approximate surface area is 237 Å². The predicted octanol–water partition coefficient (Wildman–Crippen LogP) is 6.18. The molecule has 0 spiro atoms. The van der Waals surface area contributed by atoms with Gasteiger partial charge in [-0.1, -0.05) is 17.3 Å². The van der Waals surface area contributed by atoms with Gasteiger partial charge in [0.05, 0.1) is 53.0 Å². The average molecular weight is 601 g/mol. The van der Waals surface area contributed by atoms with Gasteiger partial charge in [0, 0.05) is 11.8 Å². The summed E-state index contributed by atoms with van der Waals surface area (Å²) in [7, 11) is 0. The number of nitrogens with zero attached hydrogens (tertiary/aromatic N) is 6. The van der Waals surface area contributed by atoms with Crippen LogP contribution in [0.5, 0.6) is 11.8 Å². The van der Waals surface area contributed by atoms with E-state index in [1.54, 1.807) is 0 Å². The number of rotatable bonds is 6. The first kappa shape index (κ1) is 28.8. The first-order chi connectivity index (χ1) is 20.4. The molecule has 17 heteroatoms. The lowest BCUT2D eigenvalue weighted by molar-refractivity contribution is -0.138. The zero-order valence-electron chi connectivity index (χ0n) is 21.4. The van der Waals surface area contributed by atoms with E-state index in [2.05, 4.69) is 35.9 Å². The molecule has 0 saturated carbocycles. The van der Waals surface area contributed by atoms with Crippen molar-refractivity contribution in [1.82, 2.24) is 29.9 Å². The number of carbonyl (C=O) groups is 1. The van der Waals surface area contributed by atoms with E-state index in [1.165, 1.54) is 53.7 Å². The Morgan fingerprint density at radius 1 is 0.837 bits per heavy atom. The monoisotopic (exact) mass is 601 g/mol. The van der Waals surface area contributed by atoms with E-state index in [9.17, 15) is 31.1 Å². The second-order valence-corrected chi connectivity index (χ2v) is 8.69. The van der Waals surface area contributed by atoms with E-state index in [-0.39, 0.29) is 40.2 Å². The fourth-order valence-electron chi connectivity index (χ4n) is 3.74. The number of pyridine rings is 1. The third-order valence-electron chi connectivity index (χ3n) is 5.75. The van der Waals surface area contributed by atoms with Gasteiger partial charge in [0.25, 0.3) is 0 Å². The van der Waals surface area contributed by atoms with Gasteiger partial charge in [0.15, 0.2) is 0 Å². The summed E-state index contributed by atoms with van der Waals surface area (Å²) in [6.07, 6.45) is -3.50. The molecule has 2 aromatic carbocycles. The van der Waals surface area contributed by atoms with Crippen molar-refractivity contribution in [2.45, 2.75) is 12.4 Å². The quantitative estimate of drug-likeness (QED) is 0.196. The Morgan fingerprint density at radius 2 is 1.53 bits per heavy atom. The zero-order valence-corrected chi connectivity index (χ0v) is 21.4. The van der Waals surface area contributed by atoms with Crippen LogP contribution in [0.4, 0.5) is 48.3 Å². The summed E-state index contributed by atoms with van der Waals surface area (Å²) in [5.41, 5.74) is 4.31. The van der Waals surface area contributed by atoms with Crippen LogP contribution >= 0.6 is 0 Å². The molecule has 0 radical (unpaired) electrons. The summed E-state index contributed by atoms with van der Waals surface area (Å²) in [4.78, 5) is 24.1. The lowest BCUT2D eigenvalue weighted by Gasteiger charge is -2.14. The van der Waals surface area contributed by atoms with E-state index >= 15 is 0 Å². The first-order valence-electron chi connectivity index (χ1n) is 12.0. The number of carbonyl (C=O) groups excluding carboxylic acids is 1. The molecule has 0 atom stereocenters. The summed E-state index contributed by atoms with van der Waals surface area (Å²) in [6, 6.07) is 8.48. The van der Waals surface area contributed by atoms with Crippen molar-refractivity contribution < 1.29 is 35.9 Å². The summed E-state index contributed by atoms with van der Waals surface area (Å²) < 4.78 is 85.6. The van der Waals surface area contributed by atoms with Crippen molar-refractivity contribution in [3.05, 3.63) is 90.6 Å². The highest BCUT2D eigenvalue weighted by atomic mass is 19.4. The van der Waals surface area contributed by atoms with Gasteiger partial charge in [-0.2, -0.15) is 26.3 Å². The maximum atomic E-state index is 13.3. The number of hydrogen-bond acceptors (Lipinski definition) is 8. The van der Waals surface area contributed by atoms with Gasteiger partial charge >= 0.3 is 24.4 Å². The van der Waals surface area contributed by atoms with E-state index in [4.69, 9.17) is 10.5 Å². The molecule has 5 aromatic rings. The van der Waals surface area contributed by atoms with E-state index in [0.29, 0.717) is 11.8 Å². The topological polar surface area (TPSA) is 146 Å². The SMILES string of the molecule is Nc1ncc(C(F)(F)F)cc1-c1ccc(Oc2ncc(NC(=O)Nc3cc(C(F)(F)F)ccc3-n3ccnn3)cn2)cc1. The fraction of sp³-hybridized carbons (Fsp3) is 0.0769. The molecule has 0 aliphatic rings. The largest absolute Gasteiger partial charge is 0.424 e. The number of ether oxygens (including phenoxy) is 1. The van der Waals surface area contributed by atoms with Crippen LogP contribution in [0.3, 0.4) is 0 Å². The molecule has 3 aromatic heterocycles. The molecule has 0 aliphatic heterocycles. The first-order valence-corrected chi connectivity index (χ1v) is 12.0. The molecule has 43 heavy (non-hydrogen) atoms. The second-order valence-electron chi connectivity index (χ2n) is 8.69. The minimum atomic E-state index is -4.65. The molecule has 2 amide bonds. The molecular weight excluding hydrogens is 584 g/mol. The molecule has 220 valence electrons. The van der Waals surface area contributed by atoms with Gasteiger partial charge in [-0.05, 0) is 42.0 Å². The van der Waals surface area contributed by atoms with Crippen LogP contribution in [0.1, 0.15) is 11.1 Å². The highest BCUT2D eigenvalue weighted by Gasteiger charge is 2.32. The van der Waals surface area contributed by atoms with Crippen molar-refractivity contribution in [2.24, 2.45) is 0 Å². The molecule has 0 fully saturated rings. The molecule has 4 N–H and O–H groups in total. The summed E-state index contributed by atoms with van der Waals surface area (Å²) in [5.74, 6) is 0.158. The standard InChI is InChI=1S/C26H17F6N9O2/c27-25(28,29)15-3-6-21(41-8-7-37-40-41)20(10-15)39-23(42)38-17-12-35-24(36-13-17)43-18-4-1-14(2-5-18)19-9-16(26(30,31)32)11-34-22(19)33/h1-13H,(H2,33,34)(H2,38,39,42). The molecule has 0 aliphatic carbocycles. The molecule has 3 heterocycles. The fourth-order valence-corrected chi connectivity index (χ4v) is 3.74. The molecule has 11 nitrogen and oxygen atoms in total. The van der Waals surface area contributed by atoms with Crippen LogP contribution in [0.25, 0.3) is 16.8 Å². The predicted molar refractivity (Wildman–Crippen MR) is 140 cm³/mol. The number of aromatic nitrogens is 6. The normalized spacial score (nSPS) is 11.7. The Bertz CT molecular complexity index is 1740. The summed E-state index contributed by atoms with van der Waals surface area (Å²) in [5, 5.41) is 12.1. The number of nitrogen functional groups attached to an aromatic ring is 1. The third-order valence-corrected chi connectivity index (χ3v) is 5.75.